The Kier molecular flexibility index (Phi) is 3.26. The molecule has 1 aromatic rings. The molecule has 0 saturated heterocycles. The normalized spacial score (nSPS) is 30.6. The zero-order valence-electron chi connectivity index (χ0n) is 11.3. The van der Waals surface area contributed by atoms with Crippen molar-refractivity contribution in [2.75, 3.05) is 13.2 Å². The molecule has 0 spiro atoms. The summed E-state index contributed by atoms with van der Waals surface area (Å²) in [5, 5.41) is 29.0. The van der Waals surface area contributed by atoms with Crippen LogP contribution < -0.4 is 0 Å². The summed E-state index contributed by atoms with van der Waals surface area (Å²) in [5.41, 5.74) is 3.33. The van der Waals surface area contributed by atoms with Crippen LogP contribution in [0.5, 0.6) is 0 Å². The lowest BCUT2D eigenvalue weighted by Gasteiger charge is -2.27. The Labute approximate surface area is 108 Å². The molecular weight excluding hydrogens is 228 g/mol. The van der Waals surface area contributed by atoms with Gasteiger partial charge in [-0.05, 0) is 35.6 Å². The second-order valence-corrected chi connectivity index (χ2v) is 6.06. The highest BCUT2D eigenvalue weighted by Crippen LogP contribution is 2.51. The number of rotatable bonds is 3. The van der Waals surface area contributed by atoms with Gasteiger partial charge < -0.3 is 15.3 Å². The summed E-state index contributed by atoms with van der Waals surface area (Å²) in [6.07, 6.45) is 0.707. The monoisotopic (exact) mass is 250 g/mol. The molecule has 18 heavy (non-hydrogen) atoms. The molecule has 100 valence electrons. The average Bonchev–Trinajstić information content (AvgIpc) is 2.60. The third-order valence-electron chi connectivity index (χ3n) is 4.44. The van der Waals surface area contributed by atoms with Crippen molar-refractivity contribution >= 4 is 0 Å². The molecule has 3 heteroatoms. The van der Waals surface area contributed by atoms with Crippen molar-refractivity contribution in [1.29, 1.82) is 0 Å². The van der Waals surface area contributed by atoms with Crippen LogP contribution in [0.1, 0.15) is 42.5 Å². The van der Waals surface area contributed by atoms with Crippen LogP contribution in [0.4, 0.5) is 0 Å². The molecule has 0 unspecified atom stereocenters. The number of aryl methyl sites for hydroxylation is 1. The standard InChI is InChI=1S/C15H22O3/c1-10-4-5-12-13(11(10)6-16)15(3,9-18)7-14(12,2)8-17/h4-5,16-18H,6-9H2,1-3H3/t14-,15+/m0/s1. The first-order valence-corrected chi connectivity index (χ1v) is 6.38. The van der Waals surface area contributed by atoms with E-state index in [9.17, 15) is 15.3 Å². The topological polar surface area (TPSA) is 60.7 Å². The van der Waals surface area contributed by atoms with Crippen LogP contribution in [0.3, 0.4) is 0 Å². The highest BCUT2D eigenvalue weighted by Gasteiger charge is 2.48. The van der Waals surface area contributed by atoms with Crippen molar-refractivity contribution in [3.8, 4) is 0 Å². The van der Waals surface area contributed by atoms with Crippen LogP contribution in [0.25, 0.3) is 0 Å². The van der Waals surface area contributed by atoms with Crippen molar-refractivity contribution in [2.45, 2.75) is 44.6 Å². The largest absolute Gasteiger partial charge is 0.395 e. The Balaban J connectivity index is 2.74. The molecule has 0 aliphatic heterocycles. The van der Waals surface area contributed by atoms with E-state index in [-0.39, 0.29) is 30.7 Å². The maximum atomic E-state index is 9.75. The van der Waals surface area contributed by atoms with E-state index in [1.807, 2.05) is 32.9 Å². The number of hydrogen-bond donors (Lipinski definition) is 3. The predicted octanol–water partition coefficient (Wildman–Crippen LogP) is 1.39. The van der Waals surface area contributed by atoms with Gasteiger partial charge in [-0.15, -0.1) is 0 Å². The Morgan fingerprint density at radius 1 is 1.06 bits per heavy atom. The second-order valence-electron chi connectivity index (χ2n) is 6.06. The molecule has 0 heterocycles. The summed E-state index contributed by atoms with van der Waals surface area (Å²) in [6, 6.07) is 4.02. The first-order valence-electron chi connectivity index (χ1n) is 6.38. The van der Waals surface area contributed by atoms with Gasteiger partial charge in [0.05, 0.1) is 19.8 Å². The Hall–Kier alpha value is -0.900. The molecule has 3 nitrogen and oxygen atoms in total. The zero-order chi connectivity index (χ0) is 13.6. The van der Waals surface area contributed by atoms with Gasteiger partial charge in [0.15, 0.2) is 0 Å². The minimum atomic E-state index is -0.378. The molecule has 1 aromatic carbocycles. The molecule has 1 aliphatic carbocycles. The van der Waals surface area contributed by atoms with Crippen molar-refractivity contribution < 1.29 is 15.3 Å². The fourth-order valence-corrected chi connectivity index (χ4v) is 3.47. The summed E-state index contributed by atoms with van der Waals surface area (Å²) in [5.74, 6) is 0. The molecule has 0 aromatic heterocycles. The maximum Gasteiger partial charge on any atom is 0.0687 e. The van der Waals surface area contributed by atoms with E-state index in [0.717, 1.165) is 22.3 Å². The quantitative estimate of drug-likeness (QED) is 0.760. The molecule has 0 amide bonds. The van der Waals surface area contributed by atoms with E-state index in [1.54, 1.807) is 0 Å². The lowest BCUT2D eigenvalue weighted by Crippen LogP contribution is -2.30. The number of aliphatic hydroxyl groups is 3. The average molecular weight is 250 g/mol. The molecule has 3 N–H and O–H groups in total. The lowest BCUT2D eigenvalue weighted by molar-refractivity contribution is 0.151. The highest BCUT2D eigenvalue weighted by molar-refractivity contribution is 5.52. The van der Waals surface area contributed by atoms with Crippen molar-refractivity contribution in [2.24, 2.45) is 0 Å². The van der Waals surface area contributed by atoms with Crippen molar-refractivity contribution in [3.63, 3.8) is 0 Å². The summed E-state index contributed by atoms with van der Waals surface area (Å²) in [6.45, 7) is 6.06. The van der Waals surface area contributed by atoms with Crippen LogP contribution in [-0.2, 0) is 17.4 Å². The number of hydrogen-bond acceptors (Lipinski definition) is 3. The van der Waals surface area contributed by atoms with Gasteiger partial charge in [-0.3, -0.25) is 0 Å². The summed E-state index contributed by atoms with van der Waals surface area (Å²) < 4.78 is 0. The van der Waals surface area contributed by atoms with Gasteiger partial charge in [-0.25, -0.2) is 0 Å². The molecular formula is C15H22O3. The summed E-state index contributed by atoms with van der Waals surface area (Å²) in [7, 11) is 0. The fourth-order valence-electron chi connectivity index (χ4n) is 3.47. The van der Waals surface area contributed by atoms with E-state index in [1.165, 1.54) is 0 Å². The van der Waals surface area contributed by atoms with Gasteiger partial charge >= 0.3 is 0 Å². The number of fused-ring (bicyclic) bond motifs is 1. The van der Waals surface area contributed by atoms with E-state index >= 15 is 0 Å². The second kappa shape index (κ2) is 4.34. The summed E-state index contributed by atoms with van der Waals surface area (Å²) >= 11 is 0. The van der Waals surface area contributed by atoms with Crippen LogP contribution in [0.15, 0.2) is 12.1 Å². The summed E-state index contributed by atoms with van der Waals surface area (Å²) in [4.78, 5) is 0. The number of aliphatic hydroxyl groups excluding tert-OH is 3. The van der Waals surface area contributed by atoms with Crippen LogP contribution in [0.2, 0.25) is 0 Å². The SMILES string of the molecule is Cc1ccc2c(c1CO)[C@@](C)(CO)C[C@@]2(C)CO. The molecule has 0 fully saturated rings. The predicted molar refractivity (Wildman–Crippen MR) is 70.6 cm³/mol. The van der Waals surface area contributed by atoms with Gasteiger partial charge in [-0.1, -0.05) is 26.0 Å². The minimum Gasteiger partial charge on any atom is -0.395 e. The molecule has 0 bridgehead atoms. The van der Waals surface area contributed by atoms with E-state index in [4.69, 9.17) is 0 Å². The van der Waals surface area contributed by atoms with Gasteiger partial charge in [0.1, 0.15) is 0 Å². The van der Waals surface area contributed by atoms with E-state index in [2.05, 4.69) is 0 Å². The van der Waals surface area contributed by atoms with Gasteiger partial charge in [0.2, 0.25) is 0 Å². The van der Waals surface area contributed by atoms with E-state index < -0.39 is 0 Å². The van der Waals surface area contributed by atoms with E-state index in [0.29, 0.717) is 6.42 Å². The van der Waals surface area contributed by atoms with Crippen LogP contribution in [0, 0.1) is 6.92 Å². The minimum absolute atomic E-state index is 0.0217. The Bertz CT molecular complexity index is 469. The Morgan fingerprint density at radius 3 is 2.17 bits per heavy atom. The van der Waals surface area contributed by atoms with Crippen LogP contribution >= 0.6 is 0 Å². The lowest BCUT2D eigenvalue weighted by atomic mass is 9.79. The number of benzene rings is 1. The van der Waals surface area contributed by atoms with Gasteiger partial charge in [-0.2, -0.15) is 0 Å². The Morgan fingerprint density at radius 2 is 1.67 bits per heavy atom. The highest BCUT2D eigenvalue weighted by atomic mass is 16.3. The smallest absolute Gasteiger partial charge is 0.0687 e. The van der Waals surface area contributed by atoms with Gasteiger partial charge in [0.25, 0.3) is 0 Å². The zero-order valence-corrected chi connectivity index (χ0v) is 11.3. The molecule has 0 radical (unpaired) electrons. The van der Waals surface area contributed by atoms with Crippen molar-refractivity contribution in [1.82, 2.24) is 0 Å². The first kappa shape index (κ1) is 13.5. The molecule has 2 atom stereocenters. The molecule has 0 saturated carbocycles. The first-order chi connectivity index (χ1) is 8.41. The fraction of sp³-hybridized carbons (Fsp3) is 0.600. The maximum absolute atomic E-state index is 9.75. The van der Waals surface area contributed by atoms with Crippen molar-refractivity contribution in [3.05, 3.63) is 34.4 Å². The molecule has 2 rings (SSSR count). The third kappa shape index (κ3) is 1.69. The third-order valence-corrected chi connectivity index (χ3v) is 4.44. The van der Waals surface area contributed by atoms with Gasteiger partial charge in [0, 0.05) is 10.8 Å². The molecule has 1 aliphatic rings. The van der Waals surface area contributed by atoms with Crippen LogP contribution in [-0.4, -0.2) is 28.5 Å².